The Labute approximate surface area is 89.1 Å². The molecular formula is C10H16N2O3. The normalized spacial score (nSPS) is 12.5. The Hall–Kier alpha value is -1.20. The van der Waals surface area contributed by atoms with Gasteiger partial charge in [0.15, 0.2) is 0 Å². The molecule has 0 radical (unpaired) electrons. The molecule has 1 heterocycles. The van der Waals surface area contributed by atoms with E-state index in [-0.39, 0.29) is 0 Å². The SMILES string of the molecule is COCCCC(O)c1ccc(OC)nn1. The van der Waals surface area contributed by atoms with Crippen LogP contribution in [0.25, 0.3) is 0 Å². The summed E-state index contributed by atoms with van der Waals surface area (Å²) in [4.78, 5) is 0. The molecule has 0 fully saturated rings. The van der Waals surface area contributed by atoms with Crippen molar-refractivity contribution in [2.45, 2.75) is 18.9 Å². The Morgan fingerprint density at radius 1 is 1.33 bits per heavy atom. The Morgan fingerprint density at radius 2 is 2.13 bits per heavy atom. The van der Waals surface area contributed by atoms with Gasteiger partial charge in [0.25, 0.3) is 0 Å². The minimum Gasteiger partial charge on any atom is -0.480 e. The molecule has 0 aliphatic heterocycles. The van der Waals surface area contributed by atoms with Crippen molar-refractivity contribution < 1.29 is 14.6 Å². The predicted molar refractivity (Wildman–Crippen MR) is 54.7 cm³/mol. The molecule has 1 N–H and O–H groups in total. The van der Waals surface area contributed by atoms with Gasteiger partial charge in [-0.2, -0.15) is 0 Å². The Bertz CT molecular complexity index is 277. The van der Waals surface area contributed by atoms with E-state index in [2.05, 4.69) is 10.2 Å². The van der Waals surface area contributed by atoms with E-state index in [1.54, 1.807) is 19.2 Å². The summed E-state index contributed by atoms with van der Waals surface area (Å²) in [5.41, 5.74) is 0.562. The van der Waals surface area contributed by atoms with Crippen molar-refractivity contribution in [2.24, 2.45) is 0 Å². The second kappa shape index (κ2) is 6.31. The highest BCUT2D eigenvalue weighted by atomic mass is 16.5. The van der Waals surface area contributed by atoms with Crippen LogP contribution in [0.1, 0.15) is 24.6 Å². The maximum absolute atomic E-state index is 9.71. The smallest absolute Gasteiger partial charge is 0.233 e. The van der Waals surface area contributed by atoms with Gasteiger partial charge in [0.2, 0.25) is 5.88 Å². The van der Waals surface area contributed by atoms with Crippen LogP contribution in [-0.2, 0) is 4.74 Å². The highest BCUT2D eigenvalue weighted by Crippen LogP contribution is 2.16. The summed E-state index contributed by atoms with van der Waals surface area (Å²) in [6, 6.07) is 3.39. The Kier molecular flexibility index (Phi) is 5.00. The van der Waals surface area contributed by atoms with Gasteiger partial charge in [-0.15, -0.1) is 10.2 Å². The molecule has 1 unspecified atom stereocenters. The lowest BCUT2D eigenvalue weighted by molar-refractivity contribution is 0.132. The van der Waals surface area contributed by atoms with Crippen LogP contribution in [0.4, 0.5) is 0 Å². The van der Waals surface area contributed by atoms with E-state index < -0.39 is 6.10 Å². The van der Waals surface area contributed by atoms with E-state index in [0.717, 1.165) is 6.42 Å². The van der Waals surface area contributed by atoms with Crippen molar-refractivity contribution in [3.05, 3.63) is 17.8 Å². The summed E-state index contributed by atoms with van der Waals surface area (Å²) in [6.45, 7) is 0.640. The molecule has 0 aromatic carbocycles. The van der Waals surface area contributed by atoms with Crippen LogP contribution in [0.3, 0.4) is 0 Å². The molecule has 0 aliphatic carbocycles. The number of methoxy groups -OCH3 is 2. The van der Waals surface area contributed by atoms with Gasteiger partial charge in [0.1, 0.15) is 0 Å². The van der Waals surface area contributed by atoms with Crippen molar-refractivity contribution in [3.8, 4) is 5.88 Å². The standard InChI is InChI=1S/C10H16N2O3/c1-14-7-3-4-9(13)8-5-6-10(15-2)12-11-8/h5-6,9,13H,3-4,7H2,1-2H3. The molecule has 5 nitrogen and oxygen atoms in total. The van der Waals surface area contributed by atoms with Gasteiger partial charge in [-0.25, -0.2) is 0 Å². The first kappa shape index (κ1) is 11.9. The molecule has 5 heteroatoms. The number of nitrogens with zero attached hydrogens (tertiary/aromatic N) is 2. The Morgan fingerprint density at radius 3 is 2.67 bits per heavy atom. The summed E-state index contributed by atoms with van der Waals surface area (Å²) in [5.74, 6) is 0.447. The molecule has 0 aliphatic rings. The third kappa shape index (κ3) is 3.81. The average molecular weight is 212 g/mol. The van der Waals surface area contributed by atoms with E-state index in [9.17, 15) is 5.11 Å². The molecule has 15 heavy (non-hydrogen) atoms. The van der Waals surface area contributed by atoms with Crippen LogP contribution in [-0.4, -0.2) is 36.1 Å². The fourth-order valence-corrected chi connectivity index (χ4v) is 1.19. The van der Waals surface area contributed by atoms with E-state index >= 15 is 0 Å². The van der Waals surface area contributed by atoms with E-state index in [4.69, 9.17) is 9.47 Å². The van der Waals surface area contributed by atoms with Crippen molar-refractivity contribution in [2.75, 3.05) is 20.8 Å². The van der Waals surface area contributed by atoms with Crippen LogP contribution in [0.5, 0.6) is 5.88 Å². The highest BCUT2D eigenvalue weighted by molar-refractivity contribution is 5.12. The summed E-state index contributed by atoms with van der Waals surface area (Å²) >= 11 is 0. The number of aliphatic hydroxyl groups is 1. The van der Waals surface area contributed by atoms with Gasteiger partial charge in [0, 0.05) is 19.8 Å². The molecule has 0 saturated carbocycles. The Balaban J connectivity index is 2.46. The summed E-state index contributed by atoms with van der Waals surface area (Å²) in [7, 11) is 3.16. The second-order valence-corrected chi connectivity index (χ2v) is 3.15. The fraction of sp³-hybridized carbons (Fsp3) is 0.600. The third-order valence-electron chi connectivity index (χ3n) is 2.04. The van der Waals surface area contributed by atoms with Crippen molar-refractivity contribution in [1.82, 2.24) is 10.2 Å². The molecule has 0 amide bonds. The molecule has 0 saturated heterocycles. The quantitative estimate of drug-likeness (QED) is 0.711. The van der Waals surface area contributed by atoms with Crippen molar-refractivity contribution >= 4 is 0 Å². The second-order valence-electron chi connectivity index (χ2n) is 3.15. The number of ether oxygens (including phenoxy) is 2. The molecule has 0 bridgehead atoms. The zero-order valence-corrected chi connectivity index (χ0v) is 9.01. The zero-order valence-electron chi connectivity index (χ0n) is 9.01. The van der Waals surface area contributed by atoms with Crippen LogP contribution in [0, 0.1) is 0 Å². The monoisotopic (exact) mass is 212 g/mol. The largest absolute Gasteiger partial charge is 0.480 e. The lowest BCUT2D eigenvalue weighted by Gasteiger charge is -2.08. The summed E-state index contributed by atoms with van der Waals surface area (Å²) in [6.07, 6.45) is 0.832. The minimum atomic E-state index is -0.585. The number of hydrogen-bond acceptors (Lipinski definition) is 5. The zero-order chi connectivity index (χ0) is 11.1. The molecular weight excluding hydrogens is 196 g/mol. The van der Waals surface area contributed by atoms with Gasteiger partial charge < -0.3 is 14.6 Å². The fourth-order valence-electron chi connectivity index (χ4n) is 1.19. The molecule has 1 aromatic heterocycles. The van der Waals surface area contributed by atoms with Crippen LogP contribution >= 0.6 is 0 Å². The predicted octanol–water partition coefficient (Wildman–Crippen LogP) is 0.945. The van der Waals surface area contributed by atoms with E-state index in [1.807, 2.05) is 0 Å². The molecule has 0 spiro atoms. The third-order valence-corrected chi connectivity index (χ3v) is 2.04. The minimum absolute atomic E-state index is 0.447. The van der Waals surface area contributed by atoms with Crippen LogP contribution in [0.15, 0.2) is 12.1 Å². The number of aromatic nitrogens is 2. The van der Waals surface area contributed by atoms with Gasteiger partial charge in [-0.1, -0.05) is 0 Å². The highest BCUT2D eigenvalue weighted by Gasteiger charge is 2.09. The first-order valence-corrected chi connectivity index (χ1v) is 4.82. The first-order chi connectivity index (χ1) is 7.27. The number of aliphatic hydroxyl groups excluding tert-OH is 1. The lowest BCUT2D eigenvalue weighted by atomic mass is 10.1. The van der Waals surface area contributed by atoms with Gasteiger partial charge >= 0.3 is 0 Å². The van der Waals surface area contributed by atoms with Crippen molar-refractivity contribution in [1.29, 1.82) is 0 Å². The van der Waals surface area contributed by atoms with Crippen molar-refractivity contribution in [3.63, 3.8) is 0 Å². The maximum Gasteiger partial charge on any atom is 0.233 e. The molecule has 1 atom stereocenters. The molecule has 1 aromatic rings. The first-order valence-electron chi connectivity index (χ1n) is 4.82. The maximum atomic E-state index is 9.71. The molecule has 84 valence electrons. The summed E-state index contributed by atoms with van der Waals surface area (Å²) in [5, 5.41) is 17.4. The number of hydrogen-bond donors (Lipinski definition) is 1. The number of rotatable bonds is 6. The van der Waals surface area contributed by atoms with Gasteiger partial charge in [0.05, 0.1) is 18.9 Å². The molecule has 1 rings (SSSR count). The summed E-state index contributed by atoms with van der Waals surface area (Å²) < 4.78 is 9.77. The van der Waals surface area contributed by atoms with E-state index in [0.29, 0.717) is 24.6 Å². The lowest BCUT2D eigenvalue weighted by Crippen LogP contribution is -2.04. The van der Waals surface area contributed by atoms with Crippen LogP contribution in [0.2, 0.25) is 0 Å². The van der Waals surface area contributed by atoms with Crippen LogP contribution < -0.4 is 4.74 Å². The van der Waals surface area contributed by atoms with Gasteiger partial charge in [-0.3, -0.25) is 0 Å². The van der Waals surface area contributed by atoms with E-state index in [1.165, 1.54) is 7.11 Å². The average Bonchev–Trinajstić information content (AvgIpc) is 2.29. The van der Waals surface area contributed by atoms with Gasteiger partial charge in [-0.05, 0) is 18.9 Å². The topological polar surface area (TPSA) is 64.5 Å².